The van der Waals surface area contributed by atoms with Crippen LogP contribution in [0.3, 0.4) is 0 Å². The van der Waals surface area contributed by atoms with E-state index >= 15 is 0 Å². The van der Waals surface area contributed by atoms with Gasteiger partial charge in [0.1, 0.15) is 0 Å². The Morgan fingerprint density at radius 1 is 1.21 bits per heavy atom. The summed E-state index contributed by atoms with van der Waals surface area (Å²) in [4.78, 5) is 10.6. The van der Waals surface area contributed by atoms with Crippen molar-refractivity contribution in [2.45, 2.75) is 16.9 Å². The lowest BCUT2D eigenvalue weighted by Gasteiger charge is -2.28. The number of alkyl halides is 3. The minimum absolute atomic E-state index is 0.0435. The molecule has 1 aromatic carbocycles. The van der Waals surface area contributed by atoms with Crippen molar-refractivity contribution >= 4 is 45.8 Å². The van der Waals surface area contributed by atoms with Gasteiger partial charge in [-0.05, 0) is 6.07 Å². The summed E-state index contributed by atoms with van der Waals surface area (Å²) in [6.45, 7) is 0. The molecule has 94 valence electrons. The number of carbonyl (C=O) groups is 1. The molecule has 0 fully saturated rings. The van der Waals surface area contributed by atoms with Gasteiger partial charge in [0.05, 0.1) is 23.5 Å². The Morgan fingerprint density at radius 2 is 1.74 bits per heavy atom. The molecule has 1 unspecified atom stereocenters. The van der Waals surface area contributed by atoms with Gasteiger partial charge >= 0.3 is 6.18 Å². The van der Waals surface area contributed by atoms with Crippen molar-refractivity contribution in [2.24, 2.45) is 0 Å². The van der Waals surface area contributed by atoms with Crippen LogP contribution in [0, 0.1) is 0 Å². The molecule has 0 spiro atoms. The highest BCUT2D eigenvalue weighted by Crippen LogP contribution is 2.39. The number of rotatable bonds is 3. The highest BCUT2D eigenvalue weighted by molar-refractivity contribution is 9.10. The smallest absolute Gasteiger partial charge is 0.370 e. The molecule has 9 heteroatoms. The molecule has 0 bridgehead atoms. The number of hydrogen-bond donors (Lipinski definition) is 1. The van der Waals surface area contributed by atoms with Gasteiger partial charge in [-0.3, -0.25) is 4.79 Å². The van der Waals surface area contributed by atoms with E-state index in [0.29, 0.717) is 0 Å². The van der Waals surface area contributed by atoms with Gasteiger partial charge in [0.15, 0.2) is 6.29 Å². The Bertz CT molecular complexity index is 502. The van der Waals surface area contributed by atoms with E-state index in [1.54, 1.807) is 0 Å². The SMILES string of the molecule is [B]C([B])([B])c1ccc(C(O)(C=O)C(F)(F)F)cc1Br. The summed E-state index contributed by atoms with van der Waals surface area (Å²) >= 11 is 2.94. The second-order valence-electron chi connectivity index (χ2n) is 4.01. The molecule has 0 aliphatic heterocycles. The van der Waals surface area contributed by atoms with Crippen molar-refractivity contribution in [3.8, 4) is 0 Å². The Hall–Kier alpha value is -0.685. The number of benzene rings is 1. The van der Waals surface area contributed by atoms with E-state index in [-0.39, 0.29) is 10.0 Å². The van der Waals surface area contributed by atoms with Crippen molar-refractivity contribution in [1.82, 2.24) is 0 Å². The van der Waals surface area contributed by atoms with Crippen LogP contribution >= 0.6 is 15.9 Å². The molecule has 6 radical (unpaired) electrons. The minimum Gasteiger partial charge on any atom is -0.370 e. The first-order chi connectivity index (χ1) is 8.43. The van der Waals surface area contributed by atoms with E-state index in [2.05, 4.69) is 15.9 Å². The molecular formula is C10H5B3BrF3O2. The predicted molar refractivity (Wildman–Crippen MR) is 69.1 cm³/mol. The van der Waals surface area contributed by atoms with Crippen LogP contribution in [-0.4, -0.2) is 41.1 Å². The maximum Gasteiger partial charge on any atom is 0.428 e. The quantitative estimate of drug-likeness (QED) is 0.665. The van der Waals surface area contributed by atoms with E-state index in [0.717, 1.165) is 18.2 Å². The lowest BCUT2D eigenvalue weighted by molar-refractivity contribution is -0.249. The maximum absolute atomic E-state index is 12.7. The average molecular weight is 326 g/mol. The van der Waals surface area contributed by atoms with Crippen LogP contribution in [0.2, 0.25) is 0 Å². The highest BCUT2D eigenvalue weighted by Gasteiger charge is 2.55. The summed E-state index contributed by atoms with van der Waals surface area (Å²) in [6.07, 6.45) is -5.74. The van der Waals surface area contributed by atoms with Crippen LogP contribution < -0.4 is 0 Å². The molecule has 0 aliphatic rings. The number of carbonyl (C=O) groups excluding carboxylic acids is 1. The molecule has 0 aliphatic carbocycles. The van der Waals surface area contributed by atoms with Crippen LogP contribution in [0.1, 0.15) is 11.1 Å². The number of aliphatic hydroxyl groups is 1. The van der Waals surface area contributed by atoms with Gasteiger partial charge < -0.3 is 5.11 Å². The molecule has 0 aromatic heterocycles. The molecule has 19 heavy (non-hydrogen) atoms. The standard InChI is InChI=1S/C10H5B3BrF3O2/c11-9(12,13)6-2-1-5(3-7(6)14)8(19,4-18)10(15,16)17/h1-4,19H. The summed E-state index contributed by atoms with van der Waals surface area (Å²) in [5.41, 5.74) is -4.16. The fourth-order valence-electron chi connectivity index (χ4n) is 1.40. The fraction of sp³-hybridized carbons (Fsp3) is 0.300. The van der Waals surface area contributed by atoms with E-state index < -0.39 is 28.7 Å². The van der Waals surface area contributed by atoms with Gasteiger partial charge in [-0.25, -0.2) is 0 Å². The molecule has 0 amide bonds. The summed E-state index contributed by atoms with van der Waals surface area (Å²) in [5.74, 6) is 0. The van der Waals surface area contributed by atoms with Crippen LogP contribution in [-0.2, 0) is 15.5 Å². The van der Waals surface area contributed by atoms with Crippen molar-refractivity contribution in [1.29, 1.82) is 0 Å². The maximum atomic E-state index is 12.7. The van der Waals surface area contributed by atoms with Gasteiger partial charge in [-0.1, -0.05) is 33.6 Å². The van der Waals surface area contributed by atoms with Crippen LogP contribution in [0.4, 0.5) is 13.2 Å². The van der Waals surface area contributed by atoms with Crippen molar-refractivity contribution in [3.05, 3.63) is 33.8 Å². The molecule has 1 aromatic rings. The molecule has 0 saturated heterocycles. The first-order valence-corrected chi connectivity index (χ1v) is 5.65. The summed E-state index contributed by atoms with van der Waals surface area (Å²) in [6, 6.07) is 2.86. The number of aldehydes is 1. The second kappa shape index (κ2) is 5.02. The van der Waals surface area contributed by atoms with Gasteiger partial charge in [0.25, 0.3) is 0 Å². The second-order valence-corrected chi connectivity index (χ2v) is 4.86. The van der Waals surface area contributed by atoms with E-state index in [1.165, 1.54) is 0 Å². The van der Waals surface area contributed by atoms with Gasteiger partial charge in [0.2, 0.25) is 5.60 Å². The third-order valence-electron chi connectivity index (χ3n) is 2.48. The van der Waals surface area contributed by atoms with E-state index in [4.69, 9.17) is 23.5 Å². The van der Waals surface area contributed by atoms with Gasteiger partial charge in [-0.2, -0.15) is 13.2 Å². The monoisotopic (exact) mass is 326 g/mol. The first-order valence-electron chi connectivity index (χ1n) is 4.86. The molecular weight excluding hydrogens is 321 g/mol. The van der Waals surface area contributed by atoms with Gasteiger partial charge in [0, 0.05) is 10.0 Å². The number of hydrogen-bond acceptors (Lipinski definition) is 2. The van der Waals surface area contributed by atoms with Crippen molar-refractivity contribution in [2.75, 3.05) is 0 Å². The molecule has 1 N–H and O–H groups in total. The van der Waals surface area contributed by atoms with Gasteiger partial charge in [-0.15, -0.1) is 5.11 Å². The Labute approximate surface area is 120 Å². The minimum atomic E-state index is -5.15. The normalized spacial score (nSPS) is 15.8. The third kappa shape index (κ3) is 3.08. The van der Waals surface area contributed by atoms with Crippen LogP contribution in [0.5, 0.6) is 0 Å². The lowest BCUT2D eigenvalue weighted by Crippen LogP contribution is -2.44. The molecule has 0 heterocycles. The zero-order valence-corrected chi connectivity index (χ0v) is 11.0. The van der Waals surface area contributed by atoms with E-state index in [1.807, 2.05) is 0 Å². The Kier molecular flexibility index (Phi) is 4.32. The fourth-order valence-corrected chi connectivity index (χ4v) is 2.12. The summed E-state index contributed by atoms with van der Waals surface area (Å²) in [7, 11) is 16.2. The van der Waals surface area contributed by atoms with Crippen molar-refractivity contribution < 1.29 is 23.1 Å². The zero-order valence-electron chi connectivity index (χ0n) is 9.41. The molecule has 0 saturated carbocycles. The molecule has 1 atom stereocenters. The lowest BCUT2D eigenvalue weighted by atomic mass is 9.40. The summed E-state index contributed by atoms with van der Waals surface area (Å²) in [5, 5.41) is 7.67. The van der Waals surface area contributed by atoms with Crippen LogP contribution in [0.25, 0.3) is 0 Å². The largest absolute Gasteiger partial charge is 0.428 e. The highest BCUT2D eigenvalue weighted by atomic mass is 79.9. The molecule has 2 nitrogen and oxygen atoms in total. The van der Waals surface area contributed by atoms with Crippen molar-refractivity contribution in [3.63, 3.8) is 0 Å². The Morgan fingerprint density at radius 3 is 2.05 bits per heavy atom. The van der Waals surface area contributed by atoms with Crippen LogP contribution in [0.15, 0.2) is 22.7 Å². The first kappa shape index (κ1) is 16.4. The number of halogens is 4. The van der Waals surface area contributed by atoms with E-state index in [9.17, 15) is 23.1 Å². The Balaban J connectivity index is 3.39. The predicted octanol–water partition coefficient (Wildman–Crippen LogP) is 1.01. The third-order valence-corrected chi connectivity index (χ3v) is 3.13. The topological polar surface area (TPSA) is 37.3 Å². The average Bonchev–Trinajstić information content (AvgIpc) is 2.24. The molecule has 1 rings (SSSR count). The summed E-state index contributed by atoms with van der Waals surface area (Å²) < 4.78 is 38.1. The zero-order chi connectivity index (χ0) is 15.1.